The Kier molecular flexibility index (Phi) is 4.89. The number of hydrogen-bond acceptors (Lipinski definition) is 4. The summed E-state index contributed by atoms with van der Waals surface area (Å²) < 4.78 is 6.53. The zero-order chi connectivity index (χ0) is 20.5. The highest BCUT2D eigenvalue weighted by Crippen LogP contribution is 2.45. The van der Waals surface area contributed by atoms with Gasteiger partial charge in [0, 0.05) is 26.2 Å². The molecule has 1 fully saturated rings. The molecule has 2 heterocycles. The maximum Gasteiger partial charge on any atom is 0.262 e. The topological polar surface area (TPSA) is 44.8 Å². The average molecular weight is 399 g/mol. The van der Waals surface area contributed by atoms with Crippen LogP contribution in [0.1, 0.15) is 21.5 Å². The summed E-state index contributed by atoms with van der Waals surface area (Å²) in [5.74, 6) is 1.38. The summed E-state index contributed by atoms with van der Waals surface area (Å²) in [7, 11) is 0. The summed E-state index contributed by atoms with van der Waals surface area (Å²) in [5, 5.41) is 3.39. The number of carbonyl (C=O) groups excluding carboxylic acids is 1. The standard InChI is InChI=1S/C25H25N3O2/c1-18-7-5-12-22-23(18)30-24-20(10-6-11-21(24)27-15-13-26-14-16-27)25(29)28(22)17-19-8-3-2-4-9-19/h2-12,26H,13-17H2,1H3. The van der Waals surface area contributed by atoms with E-state index in [1.165, 1.54) is 0 Å². The predicted molar refractivity (Wildman–Crippen MR) is 120 cm³/mol. The minimum absolute atomic E-state index is 0.0322. The Morgan fingerprint density at radius 2 is 1.60 bits per heavy atom. The number of aryl methyl sites for hydroxylation is 1. The Balaban J connectivity index is 1.65. The maximum absolute atomic E-state index is 13.8. The van der Waals surface area contributed by atoms with E-state index in [4.69, 9.17) is 4.74 Å². The van der Waals surface area contributed by atoms with Gasteiger partial charge in [-0.05, 0) is 36.2 Å². The molecule has 2 aliphatic rings. The Bertz CT molecular complexity index is 1080. The molecule has 0 aromatic heterocycles. The number of fused-ring (bicyclic) bond motifs is 2. The minimum Gasteiger partial charge on any atom is -0.452 e. The van der Waals surface area contributed by atoms with Crippen LogP contribution in [0.4, 0.5) is 11.4 Å². The van der Waals surface area contributed by atoms with Crippen molar-refractivity contribution in [3.63, 3.8) is 0 Å². The highest BCUT2D eigenvalue weighted by molar-refractivity contribution is 6.10. The highest BCUT2D eigenvalue weighted by atomic mass is 16.5. The van der Waals surface area contributed by atoms with Crippen LogP contribution in [0.15, 0.2) is 66.7 Å². The first kappa shape index (κ1) is 18.7. The Morgan fingerprint density at radius 3 is 2.40 bits per heavy atom. The summed E-state index contributed by atoms with van der Waals surface area (Å²) >= 11 is 0. The zero-order valence-electron chi connectivity index (χ0n) is 17.1. The van der Waals surface area contributed by atoms with Crippen molar-refractivity contribution < 1.29 is 9.53 Å². The smallest absolute Gasteiger partial charge is 0.262 e. The number of rotatable bonds is 3. The largest absolute Gasteiger partial charge is 0.452 e. The average Bonchev–Trinajstić information content (AvgIpc) is 2.91. The van der Waals surface area contributed by atoms with Crippen LogP contribution in [0.25, 0.3) is 0 Å². The summed E-state index contributed by atoms with van der Waals surface area (Å²) in [5.41, 5.74) is 4.50. The van der Waals surface area contributed by atoms with E-state index in [0.717, 1.165) is 54.4 Å². The van der Waals surface area contributed by atoms with E-state index in [-0.39, 0.29) is 5.91 Å². The van der Waals surface area contributed by atoms with Crippen molar-refractivity contribution in [3.05, 3.63) is 83.4 Å². The van der Waals surface area contributed by atoms with Crippen molar-refractivity contribution in [3.8, 4) is 11.5 Å². The molecule has 1 N–H and O–H groups in total. The van der Waals surface area contributed by atoms with Gasteiger partial charge in [0.2, 0.25) is 0 Å². The number of carbonyl (C=O) groups is 1. The number of hydrogen-bond donors (Lipinski definition) is 1. The Hall–Kier alpha value is -3.31. The van der Waals surface area contributed by atoms with E-state index in [9.17, 15) is 4.79 Å². The number of amides is 1. The van der Waals surface area contributed by atoms with Gasteiger partial charge in [0.15, 0.2) is 11.5 Å². The number of nitrogens with one attached hydrogen (secondary N) is 1. The molecule has 0 saturated carbocycles. The van der Waals surface area contributed by atoms with Crippen molar-refractivity contribution in [1.82, 2.24) is 5.32 Å². The lowest BCUT2D eigenvalue weighted by Crippen LogP contribution is -2.43. The number of anilines is 2. The fourth-order valence-corrected chi connectivity index (χ4v) is 4.22. The molecule has 0 atom stereocenters. The molecule has 1 amide bonds. The molecule has 2 aliphatic heterocycles. The van der Waals surface area contributed by atoms with Crippen LogP contribution in [-0.2, 0) is 6.54 Å². The SMILES string of the molecule is Cc1cccc2c1Oc1c(cccc1N1CCNCC1)C(=O)N2Cc1ccccc1. The van der Waals surface area contributed by atoms with Gasteiger partial charge in [0.25, 0.3) is 5.91 Å². The molecule has 5 nitrogen and oxygen atoms in total. The predicted octanol–water partition coefficient (Wildman–Crippen LogP) is 4.36. The van der Waals surface area contributed by atoms with Crippen molar-refractivity contribution >= 4 is 17.3 Å². The molecular weight excluding hydrogens is 374 g/mol. The van der Waals surface area contributed by atoms with Gasteiger partial charge in [-0.15, -0.1) is 0 Å². The first-order valence-electron chi connectivity index (χ1n) is 10.4. The second-order valence-electron chi connectivity index (χ2n) is 7.79. The molecule has 30 heavy (non-hydrogen) atoms. The summed E-state index contributed by atoms with van der Waals surface area (Å²) in [4.78, 5) is 17.9. The van der Waals surface area contributed by atoms with E-state index in [1.54, 1.807) is 0 Å². The first-order chi connectivity index (χ1) is 14.7. The normalized spacial score (nSPS) is 15.8. The lowest BCUT2D eigenvalue weighted by Gasteiger charge is -2.31. The fraction of sp³-hybridized carbons (Fsp3) is 0.240. The van der Waals surface area contributed by atoms with Gasteiger partial charge in [0.1, 0.15) is 0 Å². The van der Waals surface area contributed by atoms with E-state index >= 15 is 0 Å². The van der Waals surface area contributed by atoms with Gasteiger partial charge in [0.05, 0.1) is 23.5 Å². The molecule has 5 heteroatoms. The van der Waals surface area contributed by atoms with Crippen LogP contribution in [0.2, 0.25) is 0 Å². The zero-order valence-corrected chi connectivity index (χ0v) is 17.1. The van der Waals surface area contributed by atoms with Crippen LogP contribution >= 0.6 is 0 Å². The monoisotopic (exact) mass is 399 g/mol. The summed E-state index contributed by atoms with van der Waals surface area (Å²) in [6.45, 7) is 6.16. The van der Waals surface area contributed by atoms with E-state index in [2.05, 4.69) is 16.3 Å². The number of benzene rings is 3. The van der Waals surface area contributed by atoms with Crippen molar-refractivity contribution in [1.29, 1.82) is 0 Å². The number of nitrogens with zero attached hydrogens (tertiary/aromatic N) is 2. The molecule has 0 bridgehead atoms. The lowest BCUT2D eigenvalue weighted by atomic mass is 10.1. The van der Waals surface area contributed by atoms with E-state index in [1.807, 2.05) is 72.5 Å². The quantitative estimate of drug-likeness (QED) is 0.711. The van der Waals surface area contributed by atoms with Gasteiger partial charge in [-0.3, -0.25) is 4.79 Å². The second kappa shape index (κ2) is 7.84. The van der Waals surface area contributed by atoms with Crippen LogP contribution in [0.5, 0.6) is 11.5 Å². The fourth-order valence-electron chi connectivity index (χ4n) is 4.22. The molecule has 3 aromatic carbocycles. The van der Waals surface area contributed by atoms with Gasteiger partial charge >= 0.3 is 0 Å². The molecule has 0 radical (unpaired) electrons. The summed E-state index contributed by atoms with van der Waals surface area (Å²) in [6.07, 6.45) is 0. The van der Waals surface area contributed by atoms with Crippen LogP contribution in [0.3, 0.4) is 0 Å². The van der Waals surface area contributed by atoms with Crippen molar-refractivity contribution in [2.45, 2.75) is 13.5 Å². The molecule has 0 unspecified atom stereocenters. The molecule has 0 aliphatic carbocycles. The summed E-state index contributed by atoms with van der Waals surface area (Å²) in [6, 6.07) is 22.0. The third kappa shape index (κ3) is 3.31. The molecule has 5 rings (SSSR count). The van der Waals surface area contributed by atoms with Crippen LogP contribution in [-0.4, -0.2) is 32.1 Å². The van der Waals surface area contributed by atoms with Gasteiger partial charge < -0.3 is 19.9 Å². The highest BCUT2D eigenvalue weighted by Gasteiger charge is 2.31. The first-order valence-corrected chi connectivity index (χ1v) is 10.4. The van der Waals surface area contributed by atoms with Crippen LogP contribution < -0.4 is 19.9 Å². The van der Waals surface area contributed by atoms with Crippen molar-refractivity contribution in [2.75, 3.05) is 36.0 Å². The molecule has 0 spiro atoms. The molecular formula is C25H25N3O2. The van der Waals surface area contributed by atoms with E-state index in [0.29, 0.717) is 17.9 Å². The Labute approximate surface area is 176 Å². The van der Waals surface area contributed by atoms with Crippen LogP contribution in [0, 0.1) is 6.92 Å². The third-order valence-corrected chi connectivity index (χ3v) is 5.80. The number of ether oxygens (including phenoxy) is 1. The van der Waals surface area contributed by atoms with Gasteiger partial charge in [-0.25, -0.2) is 0 Å². The minimum atomic E-state index is -0.0322. The maximum atomic E-state index is 13.8. The molecule has 3 aromatic rings. The Morgan fingerprint density at radius 1 is 0.867 bits per heavy atom. The number of piperazine rings is 1. The van der Waals surface area contributed by atoms with Crippen molar-refractivity contribution in [2.24, 2.45) is 0 Å². The molecule has 152 valence electrons. The second-order valence-corrected chi connectivity index (χ2v) is 7.79. The lowest BCUT2D eigenvalue weighted by molar-refractivity contribution is 0.0985. The van der Waals surface area contributed by atoms with Gasteiger partial charge in [-0.2, -0.15) is 0 Å². The molecule has 1 saturated heterocycles. The van der Waals surface area contributed by atoms with E-state index < -0.39 is 0 Å². The van der Waals surface area contributed by atoms with Gasteiger partial charge in [-0.1, -0.05) is 48.5 Å². The third-order valence-electron chi connectivity index (χ3n) is 5.80. The number of para-hydroxylation sites is 2.